The van der Waals surface area contributed by atoms with Gasteiger partial charge >= 0.3 is 6.09 Å². The van der Waals surface area contributed by atoms with Crippen molar-refractivity contribution in [2.45, 2.75) is 19.8 Å². The van der Waals surface area contributed by atoms with Gasteiger partial charge in [0.1, 0.15) is 6.61 Å². The van der Waals surface area contributed by atoms with E-state index in [9.17, 15) is 4.79 Å². The molecule has 0 saturated carbocycles. The first-order chi connectivity index (χ1) is 6.24. The molecule has 0 aromatic carbocycles. The van der Waals surface area contributed by atoms with Crippen LogP contribution < -0.4 is 0 Å². The average molecular weight is 187 g/mol. The topological polar surface area (TPSA) is 49.8 Å². The monoisotopic (exact) mass is 187 g/mol. The van der Waals surface area contributed by atoms with Crippen molar-refractivity contribution in [3.8, 4) is 0 Å². The van der Waals surface area contributed by atoms with Crippen molar-refractivity contribution in [1.29, 1.82) is 0 Å². The lowest BCUT2D eigenvalue weighted by Gasteiger charge is -2.29. The van der Waals surface area contributed by atoms with Crippen LogP contribution in [0.1, 0.15) is 19.8 Å². The molecule has 13 heavy (non-hydrogen) atoms. The fraction of sp³-hybridized carbons (Fsp3) is 0.889. The molecule has 1 atom stereocenters. The van der Waals surface area contributed by atoms with Gasteiger partial charge in [-0.05, 0) is 18.8 Å². The number of hydrogen-bond donors (Lipinski definition) is 1. The molecule has 1 amide bonds. The SMILES string of the molecule is C[C@H]1CCCN(C(=O)OCCO)C1. The largest absolute Gasteiger partial charge is 0.447 e. The summed E-state index contributed by atoms with van der Waals surface area (Å²) < 4.78 is 4.82. The lowest BCUT2D eigenvalue weighted by molar-refractivity contribution is 0.0718. The Morgan fingerprint density at radius 1 is 1.69 bits per heavy atom. The summed E-state index contributed by atoms with van der Waals surface area (Å²) >= 11 is 0. The molecule has 1 heterocycles. The summed E-state index contributed by atoms with van der Waals surface area (Å²) in [5, 5.41) is 8.47. The minimum Gasteiger partial charge on any atom is -0.447 e. The molecule has 0 bridgehead atoms. The van der Waals surface area contributed by atoms with Crippen LogP contribution in [-0.4, -0.2) is 42.4 Å². The van der Waals surface area contributed by atoms with Crippen LogP contribution >= 0.6 is 0 Å². The third-order valence-corrected chi connectivity index (χ3v) is 2.23. The van der Waals surface area contributed by atoms with Crippen molar-refractivity contribution in [1.82, 2.24) is 4.90 Å². The second kappa shape index (κ2) is 5.07. The molecule has 4 nitrogen and oxygen atoms in total. The molecule has 76 valence electrons. The predicted molar refractivity (Wildman–Crippen MR) is 48.4 cm³/mol. The Morgan fingerprint density at radius 2 is 2.46 bits per heavy atom. The van der Waals surface area contributed by atoms with Gasteiger partial charge < -0.3 is 14.7 Å². The highest BCUT2D eigenvalue weighted by Gasteiger charge is 2.21. The molecule has 0 aromatic rings. The lowest BCUT2D eigenvalue weighted by Crippen LogP contribution is -2.39. The zero-order valence-corrected chi connectivity index (χ0v) is 8.03. The number of aliphatic hydroxyl groups excluding tert-OH is 1. The van der Waals surface area contributed by atoms with Crippen molar-refractivity contribution >= 4 is 6.09 Å². The molecule has 0 radical (unpaired) electrons. The number of carbonyl (C=O) groups is 1. The second-order valence-corrected chi connectivity index (χ2v) is 3.53. The molecule has 4 heteroatoms. The Hall–Kier alpha value is -0.770. The fourth-order valence-electron chi connectivity index (χ4n) is 1.58. The molecule has 1 fully saturated rings. The Bertz CT molecular complexity index is 172. The first-order valence-corrected chi connectivity index (χ1v) is 4.76. The fourth-order valence-corrected chi connectivity index (χ4v) is 1.58. The summed E-state index contributed by atoms with van der Waals surface area (Å²) in [6, 6.07) is 0. The summed E-state index contributed by atoms with van der Waals surface area (Å²) in [6.45, 7) is 3.70. The molecule has 1 rings (SSSR count). The van der Waals surface area contributed by atoms with E-state index in [1.165, 1.54) is 6.42 Å². The Labute approximate surface area is 78.5 Å². The van der Waals surface area contributed by atoms with Crippen molar-refractivity contribution in [2.24, 2.45) is 5.92 Å². The number of rotatable bonds is 2. The minimum atomic E-state index is -0.291. The molecule has 0 unspecified atom stereocenters. The van der Waals surface area contributed by atoms with Gasteiger partial charge in [-0.1, -0.05) is 6.92 Å². The van der Waals surface area contributed by atoms with Crippen molar-refractivity contribution < 1.29 is 14.6 Å². The van der Waals surface area contributed by atoms with E-state index in [-0.39, 0.29) is 19.3 Å². The molecule has 0 aromatic heterocycles. The number of nitrogens with zero attached hydrogens (tertiary/aromatic N) is 1. The number of aliphatic hydroxyl groups is 1. The predicted octanol–water partition coefficient (Wildman–Crippen LogP) is 0.847. The molecule has 1 aliphatic rings. The summed E-state index contributed by atoms with van der Waals surface area (Å²) in [4.78, 5) is 13.0. The van der Waals surface area contributed by atoms with E-state index in [1.807, 2.05) is 0 Å². The molecule has 1 saturated heterocycles. The molecule has 1 N–H and O–H groups in total. The van der Waals surface area contributed by atoms with Gasteiger partial charge in [0.25, 0.3) is 0 Å². The van der Waals surface area contributed by atoms with Gasteiger partial charge in [-0.15, -0.1) is 0 Å². The molecular formula is C9H17NO3. The quantitative estimate of drug-likeness (QED) is 0.697. The van der Waals surface area contributed by atoms with E-state index in [0.29, 0.717) is 5.92 Å². The minimum absolute atomic E-state index is 0.101. The van der Waals surface area contributed by atoms with E-state index >= 15 is 0 Å². The highest BCUT2D eigenvalue weighted by atomic mass is 16.6. The number of likely N-dealkylation sites (tertiary alicyclic amines) is 1. The van der Waals surface area contributed by atoms with Gasteiger partial charge in [-0.3, -0.25) is 0 Å². The van der Waals surface area contributed by atoms with Gasteiger partial charge in [0.15, 0.2) is 0 Å². The Morgan fingerprint density at radius 3 is 3.08 bits per heavy atom. The van der Waals surface area contributed by atoms with Crippen LogP contribution in [0.15, 0.2) is 0 Å². The molecular weight excluding hydrogens is 170 g/mol. The van der Waals surface area contributed by atoms with E-state index in [2.05, 4.69) is 6.92 Å². The van der Waals surface area contributed by atoms with Crippen molar-refractivity contribution in [3.05, 3.63) is 0 Å². The van der Waals surface area contributed by atoms with E-state index in [0.717, 1.165) is 19.5 Å². The van der Waals surface area contributed by atoms with E-state index in [1.54, 1.807) is 4.90 Å². The lowest BCUT2D eigenvalue weighted by atomic mass is 10.0. The van der Waals surface area contributed by atoms with Gasteiger partial charge in [-0.25, -0.2) is 4.79 Å². The number of hydrogen-bond acceptors (Lipinski definition) is 3. The van der Waals surface area contributed by atoms with Gasteiger partial charge in [0, 0.05) is 13.1 Å². The maximum atomic E-state index is 11.3. The highest BCUT2D eigenvalue weighted by Crippen LogP contribution is 2.15. The zero-order chi connectivity index (χ0) is 9.68. The van der Waals surface area contributed by atoms with E-state index in [4.69, 9.17) is 9.84 Å². The van der Waals surface area contributed by atoms with Crippen LogP contribution in [0.25, 0.3) is 0 Å². The summed E-state index contributed by atoms with van der Waals surface area (Å²) in [5.74, 6) is 0.565. The normalized spacial score (nSPS) is 22.9. The van der Waals surface area contributed by atoms with Crippen LogP contribution in [0.5, 0.6) is 0 Å². The van der Waals surface area contributed by atoms with Crippen LogP contribution in [-0.2, 0) is 4.74 Å². The molecule has 1 aliphatic heterocycles. The van der Waals surface area contributed by atoms with E-state index < -0.39 is 0 Å². The van der Waals surface area contributed by atoms with Gasteiger partial charge in [0.2, 0.25) is 0 Å². The third-order valence-electron chi connectivity index (χ3n) is 2.23. The van der Waals surface area contributed by atoms with Crippen LogP contribution in [0.3, 0.4) is 0 Å². The Balaban J connectivity index is 2.28. The van der Waals surface area contributed by atoms with Crippen molar-refractivity contribution in [2.75, 3.05) is 26.3 Å². The smallest absolute Gasteiger partial charge is 0.409 e. The van der Waals surface area contributed by atoms with Gasteiger partial charge in [-0.2, -0.15) is 0 Å². The maximum absolute atomic E-state index is 11.3. The standard InChI is InChI=1S/C9H17NO3/c1-8-3-2-4-10(7-8)9(12)13-6-5-11/h8,11H,2-7H2,1H3/t8-/m0/s1. The molecule has 0 aliphatic carbocycles. The Kier molecular flexibility index (Phi) is 4.02. The number of carbonyl (C=O) groups excluding carboxylic acids is 1. The average Bonchev–Trinajstić information content (AvgIpc) is 2.14. The first kappa shape index (κ1) is 10.3. The zero-order valence-electron chi connectivity index (χ0n) is 8.03. The summed E-state index contributed by atoms with van der Waals surface area (Å²) in [6.07, 6.45) is 1.94. The second-order valence-electron chi connectivity index (χ2n) is 3.53. The third kappa shape index (κ3) is 3.22. The highest BCUT2D eigenvalue weighted by molar-refractivity contribution is 5.67. The van der Waals surface area contributed by atoms with Crippen LogP contribution in [0, 0.1) is 5.92 Å². The van der Waals surface area contributed by atoms with Crippen LogP contribution in [0.2, 0.25) is 0 Å². The number of ether oxygens (including phenoxy) is 1. The summed E-state index contributed by atoms with van der Waals surface area (Å²) in [5.41, 5.74) is 0. The summed E-state index contributed by atoms with van der Waals surface area (Å²) in [7, 11) is 0. The number of piperidine rings is 1. The van der Waals surface area contributed by atoms with Gasteiger partial charge in [0.05, 0.1) is 6.61 Å². The van der Waals surface area contributed by atoms with Crippen molar-refractivity contribution in [3.63, 3.8) is 0 Å². The molecule has 0 spiro atoms. The number of amides is 1. The maximum Gasteiger partial charge on any atom is 0.409 e. The van der Waals surface area contributed by atoms with Crippen LogP contribution in [0.4, 0.5) is 4.79 Å². The first-order valence-electron chi connectivity index (χ1n) is 4.76.